The molecule has 0 spiro atoms. The molecule has 0 fully saturated rings. The molecular formula is C11H7FIN. The van der Waals surface area contributed by atoms with Gasteiger partial charge < -0.3 is 0 Å². The molecule has 2 rings (SSSR count). The van der Waals surface area contributed by atoms with Crippen LogP contribution in [0.4, 0.5) is 4.39 Å². The van der Waals surface area contributed by atoms with Gasteiger partial charge >= 0.3 is 0 Å². The average Bonchev–Trinajstić information content (AvgIpc) is 2.23. The Morgan fingerprint density at radius 1 is 1.14 bits per heavy atom. The molecule has 3 heteroatoms. The molecule has 0 N–H and O–H groups in total. The van der Waals surface area contributed by atoms with E-state index in [4.69, 9.17) is 0 Å². The molecule has 70 valence electrons. The van der Waals surface area contributed by atoms with Gasteiger partial charge in [-0.05, 0) is 34.2 Å². The van der Waals surface area contributed by atoms with Crippen LogP contribution >= 0.6 is 22.6 Å². The molecule has 2 aromatic rings. The largest absolute Gasteiger partial charge is 0.247 e. The smallest absolute Gasteiger partial charge is 0.149 e. The number of rotatable bonds is 1. The van der Waals surface area contributed by atoms with Crippen LogP contribution < -0.4 is 0 Å². The SMILES string of the molecule is Fc1cnc(I)cc1-c1ccccc1. The zero-order valence-corrected chi connectivity index (χ0v) is 9.40. The number of benzene rings is 1. The fourth-order valence-electron chi connectivity index (χ4n) is 1.25. The predicted octanol–water partition coefficient (Wildman–Crippen LogP) is 3.49. The molecule has 0 atom stereocenters. The van der Waals surface area contributed by atoms with Crippen LogP contribution in [0, 0.1) is 9.52 Å². The minimum atomic E-state index is -0.281. The Hall–Kier alpha value is -0.970. The number of aromatic nitrogens is 1. The molecule has 0 saturated heterocycles. The van der Waals surface area contributed by atoms with Crippen LogP contribution in [0.15, 0.2) is 42.6 Å². The first-order valence-corrected chi connectivity index (χ1v) is 5.22. The zero-order valence-electron chi connectivity index (χ0n) is 7.24. The van der Waals surface area contributed by atoms with Crippen LogP contribution in [0.25, 0.3) is 11.1 Å². The summed E-state index contributed by atoms with van der Waals surface area (Å²) in [4.78, 5) is 3.88. The molecule has 0 saturated carbocycles. The summed E-state index contributed by atoms with van der Waals surface area (Å²) < 4.78 is 14.2. The maximum atomic E-state index is 13.4. The molecule has 1 heterocycles. The lowest BCUT2D eigenvalue weighted by Crippen LogP contribution is -1.88. The van der Waals surface area contributed by atoms with E-state index in [2.05, 4.69) is 27.6 Å². The van der Waals surface area contributed by atoms with Gasteiger partial charge in [0, 0.05) is 5.56 Å². The van der Waals surface area contributed by atoms with Crippen molar-refractivity contribution in [1.29, 1.82) is 0 Å². The summed E-state index contributed by atoms with van der Waals surface area (Å²) in [5.74, 6) is -0.281. The molecule has 0 amide bonds. The molecule has 1 aromatic heterocycles. The van der Waals surface area contributed by atoms with Crippen molar-refractivity contribution in [2.75, 3.05) is 0 Å². The van der Waals surface area contributed by atoms with Crippen LogP contribution in [0.5, 0.6) is 0 Å². The second-order valence-electron chi connectivity index (χ2n) is 2.85. The minimum absolute atomic E-state index is 0.281. The fourth-order valence-corrected chi connectivity index (χ4v) is 1.70. The first-order chi connectivity index (χ1) is 6.77. The Labute approximate surface area is 95.1 Å². The average molecular weight is 299 g/mol. The summed E-state index contributed by atoms with van der Waals surface area (Å²) in [7, 11) is 0. The van der Waals surface area contributed by atoms with E-state index in [1.165, 1.54) is 6.20 Å². The van der Waals surface area contributed by atoms with Crippen molar-refractivity contribution in [2.45, 2.75) is 0 Å². The standard InChI is InChI=1S/C11H7FIN/c12-10-7-14-11(13)6-9(10)8-4-2-1-3-5-8/h1-7H. The third-order valence-electron chi connectivity index (χ3n) is 1.91. The van der Waals surface area contributed by atoms with Crippen molar-refractivity contribution < 1.29 is 4.39 Å². The summed E-state index contributed by atoms with van der Waals surface area (Å²) in [6, 6.07) is 11.2. The Balaban J connectivity index is 2.57. The van der Waals surface area contributed by atoms with Gasteiger partial charge in [0.05, 0.1) is 6.20 Å². The van der Waals surface area contributed by atoms with Crippen molar-refractivity contribution in [3.8, 4) is 11.1 Å². The number of hydrogen-bond donors (Lipinski definition) is 0. The summed E-state index contributed by atoms with van der Waals surface area (Å²) >= 11 is 2.07. The van der Waals surface area contributed by atoms with Gasteiger partial charge in [0.2, 0.25) is 0 Å². The Kier molecular flexibility index (Phi) is 2.77. The molecule has 1 nitrogen and oxygen atoms in total. The molecule has 14 heavy (non-hydrogen) atoms. The Morgan fingerprint density at radius 2 is 1.86 bits per heavy atom. The summed E-state index contributed by atoms with van der Waals surface area (Å²) in [5, 5.41) is 0. The van der Waals surface area contributed by atoms with E-state index in [0.717, 1.165) is 9.26 Å². The van der Waals surface area contributed by atoms with Crippen molar-refractivity contribution in [1.82, 2.24) is 4.98 Å². The van der Waals surface area contributed by atoms with Crippen molar-refractivity contribution in [2.24, 2.45) is 0 Å². The third-order valence-corrected chi connectivity index (χ3v) is 2.50. The third kappa shape index (κ3) is 1.92. The van der Waals surface area contributed by atoms with E-state index < -0.39 is 0 Å². The zero-order chi connectivity index (χ0) is 9.97. The van der Waals surface area contributed by atoms with E-state index in [1.54, 1.807) is 6.07 Å². The van der Waals surface area contributed by atoms with Crippen molar-refractivity contribution in [3.63, 3.8) is 0 Å². The fraction of sp³-hybridized carbons (Fsp3) is 0. The highest BCUT2D eigenvalue weighted by Gasteiger charge is 2.05. The highest BCUT2D eigenvalue weighted by atomic mass is 127. The monoisotopic (exact) mass is 299 g/mol. The van der Waals surface area contributed by atoms with Gasteiger partial charge in [0.1, 0.15) is 9.52 Å². The normalized spacial score (nSPS) is 10.1. The van der Waals surface area contributed by atoms with Gasteiger partial charge in [-0.25, -0.2) is 9.37 Å². The molecule has 0 aliphatic rings. The maximum Gasteiger partial charge on any atom is 0.149 e. The van der Waals surface area contributed by atoms with Gasteiger partial charge in [-0.1, -0.05) is 30.3 Å². The van der Waals surface area contributed by atoms with Gasteiger partial charge in [-0.15, -0.1) is 0 Å². The second kappa shape index (κ2) is 4.04. The highest BCUT2D eigenvalue weighted by molar-refractivity contribution is 14.1. The summed E-state index contributed by atoms with van der Waals surface area (Å²) in [6.45, 7) is 0. The number of nitrogens with zero attached hydrogens (tertiary/aromatic N) is 1. The van der Waals surface area contributed by atoms with E-state index in [1.807, 2.05) is 30.3 Å². The quantitative estimate of drug-likeness (QED) is 0.580. The molecular weight excluding hydrogens is 292 g/mol. The molecule has 0 aliphatic heterocycles. The van der Waals surface area contributed by atoms with Crippen LogP contribution in [0.1, 0.15) is 0 Å². The molecule has 1 aromatic carbocycles. The van der Waals surface area contributed by atoms with Crippen LogP contribution in [-0.4, -0.2) is 4.98 Å². The van der Waals surface area contributed by atoms with Crippen LogP contribution in [0.3, 0.4) is 0 Å². The Morgan fingerprint density at radius 3 is 2.57 bits per heavy atom. The topological polar surface area (TPSA) is 12.9 Å². The molecule has 0 unspecified atom stereocenters. The van der Waals surface area contributed by atoms with Crippen molar-refractivity contribution in [3.05, 3.63) is 52.1 Å². The first-order valence-electron chi connectivity index (χ1n) is 4.14. The number of hydrogen-bond acceptors (Lipinski definition) is 1. The number of pyridine rings is 1. The second-order valence-corrected chi connectivity index (χ2v) is 3.96. The summed E-state index contributed by atoms with van der Waals surface area (Å²) in [6.07, 6.45) is 1.25. The highest BCUT2D eigenvalue weighted by Crippen LogP contribution is 2.22. The van der Waals surface area contributed by atoms with E-state index >= 15 is 0 Å². The lowest BCUT2D eigenvalue weighted by molar-refractivity contribution is 0.624. The van der Waals surface area contributed by atoms with E-state index in [-0.39, 0.29) is 5.82 Å². The maximum absolute atomic E-state index is 13.4. The molecule has 0 bridgehead atoms. The van der Waals surface area contributed by atoms with Gasteiger partial charge in [0.25, 0.3) is 0 Å². The van der Waals surface area contributed by atoms with Gasteiger partial charge in [-0.3, -0.25) is 0 Å². The lowest BCUT2D eigenvalue weighted by Gasteiger charge is -2.02. The first kappa shape index (κ1) is 9.58. The van der Waals surface area contributed by atoms with Crippen LogP contribution in [0.2, 0.25) is 0 Å². The van der Waals surface area contributed by atoms with E-state index in [0.29, 0.717) is 5.56 Å². The lowest BCUT2D eigenvalue weighted by atomic mass is 10.1. The predicted molar refractivity (Wildman–Crippen MR) is 62.3 cm³/mol. The van der Waals surface area contributed by atoms with Crippen LogP contribution in [-0.2, 0) is 0 Å². The molecule has 0 radical (unpaired) electrons. The van der Waals surface area contributed by atoms with Gasteiger partial charge in [-0.2, -0.15) is 0 Å². The number of halogens is 2. The van der Waals surface area contributed by atoms with Gasteiger partial charge in [0.15, 0.2) is 0 Å². The Bertz CT molecular complexity index is 442. The minimum Gasteiger partial charge on any atom is -0.247 e. The van der Waals surface area contributed by atoms with Crippen molar-refractivity contribution >= 4 is 22.6 Å². The molecule has 0 aliphatic carbocycles. The van der Waals surface area contributed by atoms with E-state index in [9.17, 15) is 4.39 Å². The summed E-state index contributed by atoms with van der Waals surface area (Å²) in [5.41, 5.74) is 1.48.